The van der Waals surface area contributed by atoms with Crippen LogP contribution >= 0.6 is 0 Å². The number of carboxylic acid groups (broad SMARTS) is 1. The fraction of sp³-hybridized carbons (Fsp3) is 0.548. The first kappa shape index (κ1) is 30.1. The first-order chi connectivity index (χ1) is 19.0. The number of fused-ring (bicyclic) bond motifs is 3. The van der Waals surface area contributed by atoms with Gasteiger partial charge in [0.2, 0.25) is 0 Å². The molecule has 1 aliphatic carbocycles. The third kappa shape index (κ3) is 6.36. The Labute approximate surface area is 233 Å². The molecule has 6 rings (SSSR count). The van der Waals surface area contributed by atoms with Crippen LogP contribution in [0, 0.1) is 11.8 Å². The summed E-state index contributed by atoms with van der Waals surface area (Å²) >= 11 is 0. The Morgan fingerprint density at radius 1 is 0.925 bits per heavy atom. The summed E-state index contributed by atoms with van der Waals surface area (Å²) in [6.07, 6.45) is 1.91. The van der Waals surface area contributed by atoms with Crippen molar-refractivity contribution in [2.45, 2.75) is 75.8 Å². The molecule has 9 heteroatoms. The smallest absolute Gasteiger partial charge is 0.430 e. The number of carbonyl (C=O) groups is 2. The Bertz CT molecular complexity index is 1130. The molecule has 6 nitrogen and oxygen atoms in total. The summed E-state index contributed by atoms with van der Waals surface area (Å²) in [6.45, 7) is 5.45. The Kier molecular flexibility index (Phi) is 9.25. The molecule has 0 aromatic heterocycles. The highest BCUT2D eigenvalue weighted by Gasteiger charge is 2.53. The fourth-order valence-electron chi connectivity index (χ4n) is 6.85. The predicted molar refractivity (Wildman–Crippen MR) is 140 cm³/mol. The number of piperidine rings is 3. The number of hydrogen-bond donors (Lipinski definition) is 1. The van der Waals surface area contributed by atoms with Gasteiger partial charge in [-0.05, 0) is 25.3 Å². The molecule has 3 heterocycles. The van der Waals surface area contributed by atoms with E-state index in [1.54, 1.807) is 0 Å². The Hall–Kier alpha value is -2.91. The molecule has 2 aromatic rings. The lowest BCUT2D eigenvalue weighted by Gasteiger charge is -2.55. The summed E-state index contributed by atoms with van der Waals surface area (Å²) < 4.78 is 38.8. The molecule has 2 bridgehead atoms. The highest BCUT2D eigenvalue weighted by atomic mass is 19.4. The highest BCUT2D eigenvalue weighted by Crippen LogP contribution is 2.45. The van der Waals surface area contributed by atoms with Crippen molar-refractivity contribution < 1.29 is 42.2 Å². The number of halogens is 3. The number of nitrogens with zero attached hydrogens (tertiary/aromatic N) is 1. The van der Waals surface area contributed by atoms with Crippen LogP contribution in [0.3, 0.4) is 0 Å². The van der Waals surface area contributed by atoms with E-state index < -0.39 is 23.7 Å². The summed E-state index contributed by atoms with van der Waals surface area (Å²) in [7, 11) is 0. The molecule has 4 aliphatic rings. The van der Waals surface area contributed by atoms with Gasteiger partial charge in [0, 0.05) is 30.2 Å². The minimum Gasteiger partial charge on any atom is -0.542 e. The first-order valence-electron chi connectivity index (χ1n) is 14.2. The number of esters is 1. The van der Waals surface area contributed by atoms with Crippen molar-refractivity contribution in [2.24, 2.45) is 11.8 Å². The SMILES string of the molecule is CC(c1ccccc1)[N+]12CCC(CC1)[C@@H](OC(=O)[C@](O)(c1ccccc1)C1CCCCC1)C2.O=C([O-])C(F)(F)F. The molecule has 4 fully saturated rings. The van der Waals surface area contributed by atoms with Gasteiger partial charge in [-0.3, -0.25) is 0 Å². The molecule has 1 saturated carbocycles. The van der Waals surface area contributed by atoms with E-state index in [0.29, 0.717) is 17.5 Å². The van der Waals surface area contributed by atoms with Crippen molar-refractivity contribution in [1.29, 1.82) is 0 Å². The normalized spacial score (nSPS) is 27.0. The number of alkyl halides is 3. The van der Waals surface area contributed by atoms with E-state index >= 15 is 0 Å². The zero-order valence-corrected chi connectivity index (χ0v) is 22.8. The molecular weight excluding hydrogens is 523 g/mol. The number of hydrogen-bond acceptors (Lipinski definition) is 5. The second-order valence-electron chi connectivity index (χ2n) is 11.5. The van der Waals surface area contributed by atoms with E-state index in [0.717, 1.165) is 62.6 Å². The van der Waals surface area contributed by atoms with E-state index in [2.05, 4.69) is 37.3 Å². The number of carboxylic acids is 1. The lowest BCUT2D eigenvalue weighted by Crippen LogP contribution is -2.65. The summed E-state index contributed by atoms with van der Waals surface area (Å²) in [5, 5.41) is 20.7. The zero-order chi connectivity index (χ0) is 29.0. The van der Waals surface area contributed by atoms with E-state index in [-0.39, 0.29) is 12.0 Å². The molecule has 218 valence electrons. The molecule has 3 atom stereocenters. The number of carbonyl (C=O) groups excluding carboxylic acids is 2. The number of quaternary nitrogens is 1. The molecular formula is C31H38F3NO5. The van der Waals surface area contributed by atoms with Crippen LogP contribution in [0.4, 0.5) is 13.2 Å². The zero-order valence-electron chi connectivity index (χ0n) is 22.8. The van der Waals surface area contributed by atoms with Crippen LogP contribution in [0.1, 0.15) is 69.0 Å². The summed E-state index contributed by atoms with van der Waals surface area (Å²) in [5.74, 6) is -3.10. The molecule has 40 heavy (non-hydrogen) atoms. The van der Waals surface area contributed by atoms with Gasteiger partial charge in [-0.25, -0.2) is 4.79 Å². The van der Waals surface area contributed by atoms with Gasteiger partial charge in [-0.2, -0.15) is 13.2 Å². The maximum atomic E-state index is 13.8. The van der Waals surface area contributed by atoms with Crippen LogP contribution in [-0.4, -0.2) is 53.4 Å². The molecule has 0 spiro atoms. The minimum absolute atomic E-state index is 0.0754. The van der Waals surface area contributed by atoms with Gasteiger partial charge in [0.25, 0.3) is 0 Å². The van der Waals surface area contributed by atoms with Gasteiger partial charge in [0.15, 0.2) is 11.7 Å². The van der Waals surface area contributed by atoms with E-state index in [1.165, 1.54) is 12.0 Å². The molecule has 1 N–H and O–H groups in total. The molecule has 0 amide bonds. The van der Waals surface area contributed by atoms with Crippen LogP contribution in [-0.2, 0) is 19.9 Å². The standard InChI is InChI=1S/C29H38NO3.C2HF3O2/c1-22(23-11-5-2-6-12-23)30-19-17-24(18-20-30)27(21-30)33-28(31)29(32,25-13-7-3-8-14-25)26-15-9-4-10-16-26;3-2(4,5)1(6)7/h2-3,5-8,11-14,22,24,26-27,32H,4,9-10,15-21H2,1H3;(H,6,7)/q+1;/p-1/t22?,24?,27-,29-,30?;/m0./s1. The number of aliphatic carboxylic acids is 1. The van der Waals surface area contributed by atoms with Crippen molar-refractivity contribution in [1.82, 2.24) is 0 Å². The number of aliphatic hydroxyl groups is 1. The molecule has 0 radical (unpaired) electrons. The maximum Gasteiger partial charge on any atom is 0.430 e. The quantitative estimate of drug-likeness (QED) is 0.409. The number of rotatable bonds is 6. The second-order valence-corrected chi connectivity index (χ2v) is 11.5. The van der Waals surface area contributed by atoms with Crippen molar-refractivity contribution >= 4 is 11.9 Å². The van der Waals surface area contributed by atoms with Crippen LogP contribution in [0.5, 0.6) is 0 Å². The van der Waals surface area contributed by atoms with Crippen molar-refractivity contribution in [3.63, 3.8) is 0 Å². The second kappa shape index (κ2) is 12.3. The van der Waals surface area contributed by atoms with Crippen molar-refractivity contribution in [3.05, 3.63) is 71.8 Å². The van der Waals surface area contributed by atoms with Crippen LogP contribution < -0.4 is 5.11 Å². The molecule has 3 saturated heterocycles. The highest BCUT2D eigenvalue weighted by molar-refractivity contribution is 5.81. The van der Waals surface area contributed by atoms with Crippen LogP contribution in [0.25, 0.3) is 0 Å². The van der Waals surface area contributed by atoms with Gasteiger partial charge in [-0.1, -0.05) is 79.9 Å². The lowest BCUT2D eigenvalue weighted by atomic mass is 9.73. The first-order valence-corrected chi connectivity index (χ1v) is 14.2. The number of ether oxygens (including phenoxy) is 1. The third-order valence-corrected chi connectivity index (χ3v) is 9.27. The number of benzene rings is 2. The maximum absolute atomic E-state index is 13.8. The monoisotopic (exact) mass is 561 g/mol. The minimum atomic E-state index is -5.19. The largest absolute Gasteiger partial charge is 0.542 e. The predicted octanol–water partition coefficient (Wildman–Crippen LogP) is 4.67. The van der Waals surface area contributed by atoms with Crippen molar-refractivity contribution in [3.8, 4) is 0 Å². The Balaban J connectivity index is 0.000000470. The van der Waals surface area contributed by atoms with Crippen molar-refractivity contribution in [2.75, 3.05) is 19.6 Å². The average Bonchev–Trinajstić information content (AvgIpc) is 2.98. The van der Waals surface area contributed by atoms with Crippen LogP contribution in [0.2, 0.25) is 0 Å². The fourth-order valence-corrected chi connectivity index (χ4v) is 6.85. The van der Waals surface area contributed by atoms with Gasteiger partial charge in [0.1, 0.15) is 18.6 Å². The molecule has 1 unspecified atom stereocenters. The van der Waals surface area contributed by atoms with Gasteiger partial charge < -0.3 is 24.2 Å². The van der Waals surface area contributed by atoms with Gasteiger partial charge in [0.05, 0.1) is 13.1 Å². The summed E-state index contributed by atoms with van der Waals surface area (Å²) in [6, 6.07) is 20.6. The van der Waals surface area contributed by atoms with Gasteiger partial charge >= 0.3 is 12.1 Å². The average molecular weight is 562 g/mol. The van der Waals surface area contributed by atoms with E-state index in [4.69, 9.17) is 14.6 Å². The molecule has 3 aliphatic heterocycles. The van der Waals surface area contributed by atoms with Gasteiger partial charge in [-0.15, -0.1) is 0 Å². The lowest BCUT2D eigenvalue weighted by molar-refractivity contribution is -0.972. The topological polar surface area (TPSA) is 86.7 Å². The molecule has 2 aromatic carbocycles. The third-order valence-electron chi connectivity index (χ3n) is 9.27. The van der Waals surface area contributed by atoms with Crippen LogP contribution in [0.15, 0.2) is 60.7 Å². The summed E-state index contributed by atoms with van der Waals surface area (Å²) in [5.41, 5.74) is 0.486. The van der Waals surface area contributed by atoms with E-state index in [1.807, 2.05) is 30.3 Å². The van der Waals surface area contributed by atoms with E-state index in [9.17, 15) is 23.1 Å². The summed E-state index contributed by atoms with van der Waals surface area (Å²) in [4.78, 5) is 22.6. The Morgan fingerprint density at radius 3 is 1.98 bits per heavy atom. The Morgan fingerprint density at radius 2 is 1.45 bits per heavy atom.